The van der Waals surface area contributed by atoms with Crippen LogP contribution in [0.25, 0.3) is 0 Å². The second-order valence-corrected chi connectivity index (χ2v) is 4.23. The van der Waals surface area contributed by atoms with Crippen molar-refractivity contribution in [2.24, 2.45) is 11.8 Å². The van der Waals surface area contributed by atoms with E-state index in [2.05, 4.69) is 12.2 Å². The molecule has 0 aromatic rings. The third-order valence-corrected chi connectivity index (χ3v) is 2.50. The first kappa shape index (κ1) is 13.4. The van der Waals surface area contributed by atoms with Gasteiger partial charge in [-0.05, 0) is 12.3 Å². The monoisotopic (exact) mass is 201 g/mol. The summed E-state index contributed by atoms with van der Waals surface area (Å²) in [4.78, 5) is 11.6. The van der Waals surface area contributed by atoms with Crippen LogP contribution in [-0.4, -0.2) is 23.7 Å². The van der Waals surface area contributed by atoms with E-state index in [1.165, 1.54) is 0 Å². The van der Waals surface area contributed by atoms with Gasteiger partial charge in [0.1, 0.15) is 0 Å². The summed E-state index contributed by atoms with van der Waals surface area (Å²) in [5.74, 6) is 0.380. The quantitative estimate of drug-likeness (QED) is 0.685. The van der Waals surface area contributed by atoms with Gasteiger partial charge in [-0.3, -0.25) is 4.79 Å². The first-order valence-electron chi connectivity index (χ1n) is 5.44. The van der Waals surface area contributed by atoms with Crippen LogP contribution in [0.15, 0.2) is 0 Å². The van der Waals surface area contributed by atoms with Crippen molar-refractivity contribution in [3.63, 3.8) is 0 Å². The van der Waals surface area contributed by atoms with Crippen molar-refractivity contribution in [2.45, 2.75) is 46.6 Å². The summed E-state index contributed by atoms with van der Waals surface area (Å²) in [6, 6.07) is -0.109. The summed E-state index contributed by atoms with van der Waals surface area (Å²) in [7, 11) is 0. The van der Waals surface area contributed by atoms with Gasteiger partial charge in [0.2, 0.25) is 5.91 Å². The number of hydrogen-bond acceptors (Lipinski definition) is 2. The lowest BCUT2D eigenvalue weighted by atomic mass is 10.0. The number of hydrogen-bond donors (Lipinski definition) is 2. The Labute approximate surface area is 86.9 Å². The highest BCUT2D eigenvalue weighted by atomic mass is 16.3. The van der Waals surface area contributed by atoms with E-state index in [0.717, 1.165) is 12.8 Å². The van der Waals surface area contributed by atoms with E-state index in [9.17, 15) is 4.79 Å². The van der Waals surface area contributed by atoms with Crippen molar-refractivity contribution >= 4 is 5.91 Å². The molecule has 2 N–H and O–H groups in total. The van der Waals surface area contributed by atoms with E-state index in [4.69, 9.17) is 5.11 Å². The molecule has 1 unspecified atom stereocenters. The molecule has 0 aliphatic heterocycles. The Bertz CT molecular complexity index is 169. The summed E-state index contributed by atoms with van der Waals surface area (Å²) in [5, 5.41) is 11.9. The van der Waals surface area contributed by atoms with Gasteiger partial charge in [-0.1, -0.05) is 34.1 Å². The van der Waals surface area contributed by atoms with Gasteiger partial charge in [0.15, 0.2) is 0 Å². The molecule has 0 aliphatic rings. The molecule has 0 aromatic carbocycles. The van der Waals surface area contributed by atoms with Crippen molar-refractivity contribution in [3.05, 3.63) is 0 Å². The molecule has 0 bridgehead atoms. The first-order chi connectivity index (χ1) is 6.52. The van der Waals surface area contributed by atoms with Crippen LogP contribution in [0.2, 0.25) is 0 Å². The van der Waals surface area contributed by atoms with E-state index in [0.29, 0.717) is 0 Å². The smallest absolute Gasteiger partial charge is 0.223 e. The number of carbonyl (C=O) groups excluding carboxylic acids is 1. The Morgan fingerprint density at radius 1 is 1.36 bits per heavy atom. The Hall–Kier alpha value is -0.570. The molecule has 3 heteroatoms. The van der Waals surface area contributed by atoms with Crippen LogP contribution in [0.1, 0.15) is 40.5 Å². The molecule has 2 atom stereocenters. The lowest BCUT2D eigenvalue weighted by Crippen LogP contribution is -2.43. The molecule has 0 heterocycles. The molecule has 0 aliphatic carbocycles. The molecule has 0 rings (SSSR count). The number of rotatable bonds is 6. The van der Waals surface area contributed by atoms with Gasteiger partial charge < -0.3 is 10.4 Å². The molecule has 1 amide bonds. The topological polar surface area (TPSA) is 49.3 Å². The van der Waals surface area contributed by atoms with Crippen LogP contribution in [0.5, 0.6) is 0 Å². The molecule has 0 saturated carbocycles. The van der Waals surface area contributed by atoms with Gasteiger partial charge in [0, 0.05) is 5.92 Å². The first-order valence-corrected chi connectivity index (χ1v) is 5.44. The van der Waals surface area contributed by atoms with Crippen LogP contribution in [0.4, 0.5) is 0 Å². The van der Waals surface area contributed by atoms with Crippen LogP contribution < -0.4 is 5.32 Å². The minimum Gasteiger partial charge on any atom is -0.394 e. The van der Waals surface area contributed by atoms with Crippen molar-refractivity contribution in [2.75, 3.05) is 6.61 Å². The van der Waals surface area contributed by atoms with E-state index >= 15 is 0 Å². The summed E-state index contributed by atoms with van der Waals surface area (Å²) < 4.78 is 0. The molecule has 0 radical (unpaired) electrons. The highest BCUT2D eigenvalue weighted by Gasteiger charge is 2.18. The van der Waals surface area contributed by atoms with Gasteiger partial charge in [-0.25, -0.2) is 0 Å². The fraction of sp³-hybridized carbons (Fsp3) is 0.909. The average molecular weight is 201 g/mol. The lowest BCUT2D eigenvalue weighted by Gasteiger charge is -2.22. The molecule has 0 aromatic heterocycles. The third-order valence-electron chi connectivity index (χ3n) is 2.50. The van der Waals surface area contributed by atoms with Crippen molar-refractivity contribution < 1.29 is 9.90 Å². The minimum atomic E-state index is -0.109. The van der Waals surface area contributed by atoms with E-state index < -0.39 is 0 Å². The summed E-state index contributed by atoms with van der Waals surface area (Å²) >= 11 is 0. The fourth-order valence-corrected chi connectivity index (χ4v) is 1.31. The predicted molar refractivity (Wildman–Crippen MR) is 57.9 cm³/mol. The van der Waals surface area contributed by atoms with Crippen molar-refractivity contribution in [1.82, 2.24) is 5.32 Å². The van der Waals surface area contributed by atoms with Crippen molar-refractivity contribution in [1.29, 1.82) is 0 Å². The number of nitrogens with one attached hydrogen (secondary N) is 1. The molecular formula is C11H23NO2. The van der Waals surface area contributed by atoms with Gasteiger partial charge in [0.25, 0.3) is 0 Å². The maximum atomic E-state index is 11.6. The largest absolute Gasteiger partial charge is 0.394 e. The zero-order valence-electron chi connectivity index (χ0n) is 9.71. The van der Waals surface area contributed by atoms with Gasteiger partial charge >= 0.3 is 0 Å². The minimum absolute atomic E-state index is 0.0161. The lowest BCUT2D eigenvalue weighted by molar-refractivity contribution is -0.126. The van der Waals surface area contributed by atoms with Crippen LogP contribution in [0.3, 0.4) is 0 Å². The predicted octanol–water partition coefficient (Wildman–Crippen LogP) is 1.56. The van der Waals surface area contributed by atoms with Crippen molar-refractivity contribution in [3.8, 4) is 0 Å². The zero-order chi connectivity index (χ0) is 11.1. The number of aliphatic hydroxyl groups excluding tert-OH is 1. The molecular weight excluding hydrogens is 178 g/mol. The second-order valence-electron chi connectivity index (χ2n) is 4.23. The highest BCUT2D eigenvalue weighted by Crippen LogP contribution is 2.07. The molecule has 0 spiro atoms. The standard InChI is InChI=1S/C11H23NO2/c1-5-6-9(4)11(14)12-10(7-13)8(2)3/h8-10,13H,5-7H2,1-4H3,(H,12,14)/t9?,10-/m1/s1. The Kier molecular flexibility index (Phi) is 6.54. The third kappa shape index (κ3) is 4.61. The Morgan fingerprint density at radius 2 is 1.93 bits per heavy atom. The Morgan fingerprint density at radius 3 is 2.29 bits per heavy atom. The maximum absolute atomic E-state index is 11.6. The van der Waals surface area contributed by atoms with Crippen LogP contribution >= 0.6 is 0 Å². The molecule has 3 nitrogen and oxygen atoms in total. The highest BCUT2D eigenvalue weighted by molar-refractivity contribution is 5.78. The molecule has 0 fully saturated rings. The summed E-state index contributed by atoms with van der Waals surface area (Å²) in [5.41, 5.74) is 0. The van der Waals surface area contributed by atoms with E-state index in [1.54, 1.807) is 0 Å². The number of carbonyl (C=O) groups is 1. The summed E-state index contributed by atoms with van der Waals surface area (Å²) in [6.07, 6.45) is 1.92. The number of aliphatic hydroxyl groups is 1. The number of amides is 1. The van der Waals surface area contributed by atoms with Gasteiger partial charge in [-0.15, -0.1) is 0 Å². The molecule has 84 valence electrons. The average Bonchev–Trinajstić information content (AvgIpc) is 2.13. The van der Waals surface area contributed by atoms with E-state index in [-0.39, 0.29) is 30.4 Å². The van der Waals surface area contributed by atoms with Gasteiger partial charge in [0.05, 0.1) is 12.6 Å². The zero-order valence-corrected chi connectivity index (χ0v) is 9.71. The maximum Gasteiger partial charge on any atom is 0.223 e. The van der Waals surface area contributed by atoms with Gasteiger partial charge in [-0.2, -0.15) is 0 Å². The molecule has 14 heavy (non-hydrogen) atoms. The normalized spacial score (nSPS) is 15.3. The van der Waals surface area contributed by atoms with E-state index in [1.807, 2.05) is 20.8 Å². The van der Waals surface area contributed by atoms with Crippen LogP contribution in [0, 0.1) is 11.8 Å². The SMILES string of the molecule is CCCC(C)C(=O)N[C@H](CO)C(C)C. The Balaban J connectivity index is 4.01. The molecule has 0 saturated heterocycles. The fourth-order valence-electron chi connectivity index (χ4n) is 1.31. The summed E-state index contributed by atoms with van der Waals surface area (Å²) in [6.45, 7) is 7.99. The second kappa shape index (κ2) is 6.82. The van der Waals surface area contributed by atoms with Crippen LogP contribution in [-0.2, 0) is 4.79 Å².